The van der Waals surface area contributed by atoms with E-state index in [1.807, 2.05) is 25.1 Å². The summed E-state index contributed by atoms with van der Waals surface area (Å²) >= 11 is 3.39. The van der Waals surface area contributed by atoms with E-state index in [0.717, 1.165) is 10.0 Å². The molecule has 96 valence electrons. The van der Waals surface area contributed by atoms with Gasteiger partial charge in [0.25, 0.3) is 0 Å². The molecular formula is C11H16BrNO3S. The van der Waals surface area contributed by atoms with Crippen LogP contribution >= 0.6 is 15.9 Å². The second kappa shape index (κ2) is 5.84. The van der Waals surface area contributed by atoms with Crippen LogP contribution in [0.5, 0.6) is 5.75 Å². The number of primary sulfonamides is 1. The molecule has 0 aliphatic carbocycles. The van der Waals surface area contributed by atoms with Crippen LogP contribution in [0.15, 0.2) is 22.7 Å². The summed E-state index contributed by atoms with van der Waals surface area (Å²) in [5, 5.41) is 4.96. The number of hydrogen-bond donors (Lipinski definition) is 1. The van der Waals surface area contributed by atoms with E-state index < -0.39 is 10.0 Å². The number of ether oxygens (including phenoxy) is 1. The number of benzene rings is 1. The van der Waals surface area contributed by atoms with Gasteiger partial charge in [0, 0.05) is 5.92 Å². The average molecular weight is 322 g/mol. The first-order valence-electron chi connectivity index (χ1n) is 5.17. The van der Waals surface area contributed by atoms with Gasteiger partial charge in [-0.05, 0) is 40.5 Å². The van der Waals surface area contributed by atoms with Crippen molar-refractivity contribution in [2.45, 2.75) is 13.8 Å². The second-order valence-corrected chi connectivity index (χ2v) is 6.69. The van der Waals surface area contributed by atoms with Crippen LogP contribution in [0.25, 0.3) is 0 Å². The van der Waals surface area contributed by atoms with Gasteiger partial charge in [0.2, 0.25) is 10.0 Å². The van der Waals surface area contributed by atoms with Crippen molar-refractivity contribution in [2.24, 2.45) is 11.1 Å². The molecule has 0 saturated heterocycles. The first-order chi connectivity index (χ1) is 7.78. The zero-order valence-corrected chi connectivity index (χ0v) is 12.2. The lowest BCUT2D eigenvalue weighted by Crippen LogP contribution is -2.25. The van der Waals surface area contributed by atoms with E-state index in [1.54, 1.807) is 6.92 Å². The predicted molar refractivity (Wildman–Crippen MR) is 71.5 cm³/mol. The molecule has 4 nitrogen and oxygen atoms in total. The van der Waals surface area contributed by atoms with Gasteiger partial charge >= 0.3 is 0 Å². The van der Waals surface area contributed by atoms with Gasteiger partial charge in [0.1, 0.15) is 5.75 Å². The van der Waals surface area contributed by atoms with Crippen LogP contribution in [0.1, 0.15) is 12.5 Å². The minimum Gasteiger partial charge on any atom is -0.492 e. The molecule has 1 rings (SSSR count). The Morgan fingerprint density at radius 2 is 2.12 bits per heavy atom. The molecule has 0 heterocycles. The molecule has 0 amide bonds. The van der Waals surface area contributed by atoms with Crippen LogP contribution in [0.2, 0.25) is 0 Å². The van der Waals surface area contributed by atoms with Gasteiger partial charge in [0.05, 0.1) is 16.8 Å². The maximum atomic E-state index is 10.9. The zero-order chi connectivity index (χ0) is 13.1. The molecule has 1 atom stereocenters. The molecule has 1 unspecified atom stereocenters. The molecule has 17 heavy (non-hydrogen) atoms. The smallest absolute Gasteiger partial charge is 0.209 e. The minimum atomic E-state index is -3.44. The Labute approximate surface area is 110 Å². The molecule has 6 heteroatoms. The van der Waals surface area contributed by atoms with Crippen LogP contribution in [-0.2, 0) is 10.0 Å². The maximum absolute atomic E-state index is 10.9. The van der Waals surface area contributed by atoms with Crippen LogP contribution in [-0.4, -0.2) is 20.8 Å². The molecule has 2 N–H and O–H groups in total. The Kier molecular flexibility index (Phi) is 4.97. The number of nitrogens with two attached hydrogens (primary N) is 1. The Morgan fingerprint density at radius 1 is 1.47 bits per heavy atom. The highest BCUT2D eigenvalue weighted by atomic mass is 79.9. The van der Waals surface area contributed by atoms with Gasteiger partial charge in [0.15, 0.2) is 0 Å². The third kappa shape index (κ3) is 5.52. The quantitative estimate of drug-likeness (QED) is 0.902. The number of hydrogen-bond acceptors (Lipinski definition) is 3. The van der Waals surface area contributed by atoms with Crippen molar-refractivity contribution in [3.63, 3.8) is 0 Å². The van der Waals surface area contributed by atoms with Gasteiger partial charge in [-0.3, -0.25) is 0 Å². The lowest BCUT2D eigenvalue weighted by atomic mass is 10.2. The van der Waals surface area contributed by atoms with E-state index in [0.29, 0.717) is 12.4 Å². The molecule has 0 spiro atoms. The van der Waals surface area contributed by atoms with Crippen LogP contribution in [0.4, 0.5) is 0 Å². The monoisotopic (exact) mass is 321 g/mol. The molecule has 0 aliphatic heterocycles. The lowest BCUT2D eigenvalue weighted by Gasteiger charge is -2.13. The fraction of sp³-hybridized carbons (Fsp3) is 0.455. The summed E-state index contributed by atoms with van der Waals surface area (Å²) in [6.07, 6.45) is 0. The standard InChI is InChI=1S/C11H16BrNO3S/c1-8-3-4-11(10(12)5-8)16-6-9(2)7-17(13,14)15/h3-5,9H,6-7H2,1-2H3,(H2,13,14,15). The summed E-state index contributed by atoms with van der Waals surface area (Å²) < 4.78 is 28.1. The van der Waals surface area contributed by atoms with Crippen LogP contribution in [0, 0.1) is 12.8 Å². The third-order valence-electron chi connectivity index (χ3n) is 2.13. The van der Waals surface area contributed by atoms with E-state index >= 15 is 0 Å². The highest BCUT2D eigenvalue weighted by Crippen LogP contribution is 2.26. The Balaban J connectivity index is 2.56. The largest absolute Gasteiger partial charge is 0.492 e. The number of halogens is 1. The van der Waals surface area contributed by atoms with Crippen molar-refractivity contribution in [2.75, 3.05) is 12.4 Å². The van der Waals surface area contributed by atoms with E-state index in [2.05, 4.69) is 15.9 Å². The molecule has 1 aromatic carbocycles. The summed E-state index contributed by atoms with van der Waals surface area (Å²) in [5.41, 5.74) is 1.13. The molecule has 0 saturated carbocycles. The molecule has 0 radical (unpaired) electrons. The van der Waals surface area contributed by atoms with Crippen molar-refractivity contribution in [1.29, 1.82) is 0 Å². The minimum absolute atomic E-state index is 0.0729. The van der Waals surface area contributed by atoms with E-state index in [9.17, 15) is 8.42 Å². The molecule has 0 aromatic heterocycles. The summed E-state index contributed by atoms with van der Waals surface area (Å²) in [4.78, 5) is 0. The Hall–Kier alpha value is -0.590. The maximum Gasteiger partial charge on any atom is 0.209 e. The third-order valence-corrected chi connectivity index (χ3v) is 3.78. The van der Waals surface area contributed by atoms with Gasteiger partial charge < -0.3 is 4.74 Å². The number of sulfonamides is 1. The molecular weight excluding hydrogens is 306 g/mol. The summed E-state index contributed by atoms with van der Waals surface area (Å²) in [7, 11) is -3.44. The second-order valence-electron chi connectivity index (χ2n) is 4.18. The van der Waals surface area contributed by atoms with Crippen molar-refractivity contribution in [3.8, 4) is 5.75 Å². The van der Waals surface area contributed by atoms with E-state index in [-0.39, 0.29) is 11.7 Å². The molecule has 0 fully saturated rings. The summed E-state index contributed by atoms with van der Waals surface area (Å²) in [6, 6.07) is 5.73. The highest BCUT2D eigenvalue weighted by Gasteiger charge is 2.12. The van der Waals surface area contributed by atoms with Crippen LogP contribution < -0.4 is 9.88 Å². The Morgan fingerprint density at radius 3 is 2.65 bits per heavy atom. The predicted octanol–water partition coefficient (Wildman–Crippen LogP) is 2.06. The fourth-order valence-corrected chi connectivity index (χ4v) is 2.90. The Bertz CT molecular complexity index is 487. The number of rotatable bonds is 5. The normalized spacial score (nSPS) is 13.4. The number of aryl methyl sites for hydroxylation is 1. The first kappa shape index (κ1) is 14.5. The van der Waals surface area contributed by atoms with Crippen molar-refractivity contribution in [1.82, 2.24) is 0 Å². The fourth-order valence-electron chi connectivity index (χ4n) is 1.40. The molecule has 0 aliphatic rings. The van der Waals surface area contributed by atoms with Crippen molar-refractivity contribution >= 4 is 26.0 Å². The van der Waals surface area contributed by atoms with E-state index in [4.69, 9.17) is 9.88 Å². The van der Waals surface area contributed by atoms with Gasteiger partial charge in [-0.1, -0.05) is 13.0 Å². The zero-order valence-electron chi connectivity index (χ0n) is 9.81. The molecule has 0 bridgehead atoms. The SMILES string of the molecule is Cc1ccc(OCC(C)CS(N)(=O)=O)c(Br)c1. The first-order valence-corrected chi connectivity index (χ1v) is 7.68. The topological polar surface area (TPSA) is 69.4 Å². The summed E-state index contributed by atoms with van der Waals surface area (Å²) in [5.74, 6) is 0.492. The summed E-state index contributed by atoms with van der Waals surface area (Å²) in [6.45, 7) is 4.09. The lowest BCUT2D eigenvalue weighted by molar-refractivity contribution is 0.270. The van der Waals surface area contributed by atoms with Crippen molar-refractivity contribution < 1.29 is 13.2 Å². The van der Waals surface area contributed by atoms with Gasteiger partial charge in [-0.2, -0.15) is 0 Å². The highest BCUT2D eigenvalue weighted by molar-refractivity contribution is 9.10. The van der Waals surface area contributed by atoms with Crippen molar-refractivity contribution in [3.05, 3.63) is 28.2 Å². The van der Waals surface area contributed by atoms with Gasteiger partial charge in [-0.15, -0.1) is 0 Å². The average Bonchev–Trinajstić information content (AvgIpc) is 2.13. The van der Waals surface area contributed by atoms with Gasteiger partial charge in [-0.25, -0.2) is 13.6 Å². The molecule has 1 aromatic rings. The van der Waals surface area contributed by atoms with Crippen LogP contribution in [0.3, 0.4) is 0 Å². The van der Waals surface area contributed by atoms with E-state index in [1.165, 1.54) is 0 Å².